The standard InChI is InChI=1S/C38H38F2N8/c1-5-24(22-41-23-25-10-8-7-9-11-25)16-26(6-2)30-20-31-34(21-32(30)40)46-47-36(31)38-44-33-12-13-43-35(37(33)45-38)27-17-28(39)19-29(18-27)42-14-15-48(3)4/h5-13,16-21,41-42H,1,14-15,22-23H2,2-4H3,(H,44,45)(H,46,47)/b24-16+,26-6+. The molecule has 0 fully saturated rings. The van der Waals surface area contributed by atoms with Crippen LogP contribution in [0.25, 0.3) is 50.3 Å². The summed E-state index contributed by atoms with van der Waals surface area (Å²) in [5.74, 6) is -0.263. The van der Waals surface area contributed by atoms with Crippen LogP contribution in [0.2, 0.25) is 0 Å². The summed E-state index contributed by atoms with van der Waals surface area (Å²) in [5, 5.41) is 14.9. The molecule has 6 rings (SSSR count). The van der Waals surface area contributed by atoms with E-state index in [4.69, 9.17) is 4.98 Å². The van der Waals surface area contributed by atoms with Crippen LogP contribution in [0.3, 0.4) is 0 Å². The van der Waals surface area contributed by atoms with Crippen molar-refractivity contribution in [2.45, 2.75) is 13.5 Å². The molecule has 0 unspecified atom stereocenters. The third-order valence-electron chi connectivity index (χ3n) is 8.06. The molecule has 3 aromatic carbocycles. The number of halogens is 2. The first-order chi connectivity index (χ1) is 23.3. The molecule has 244 valence electrons. The number of allylic oxidation sites excluding steroid dienone is 3. The van der Waals surface area contributed by atoms with Crippen molar-refractivity contribution in [1.82, 2.24) is 35.4 Å². The third-order valence-corrected chi connectivity index (χ3v) is 8.06. The van der Waals surface area contributed by atoms with Crippen LogP contribution in [0.15, 0.2) is 103 Å². The maximum absolute atomic E-state index is 15.6. The van der Waals surface area contributed by atoms with Crippen molar-refractivity contribution >= 4 is 33.2 Å². The second-order valence-electron chi connectivity index (χ2n) is 11.8. The molecule has 3 aromatic heterocycles. The van der Waals surface area contributed by atoms with Crippen molar-refractivity contribution in [1.29, 1.82) is 0 Å². The molecule has 0 saturated carbocycles. The molecule has 0 radical (unpaired) electrons. The van der Waals surface area contributed by atoms with Gasteiger partial charge in [0.15, 0.2) is 5.82 Å². The highest BCUT2D eigenvalue weighted by Crippen LogP contribution is 2.34. The Hall–Kier alpha value is -5.45. The fourth-order valence-electron chi connectivity index (χ4n) is 5.60. The number of anilines is 1. The first-order valence-electron chi connectivity index (χ1n) is 15.8. The van der Waals surface area contributed by atoms with E-state index in [1.165, 1.54) is 23.8 Å². The number of nitrogens with one attached hydrogen (secondary N) is 4. The van der Waals surface area contributed by atoms with Gasteiger partial charge in [-0.05, 0) is 68.1 Å². The molecule has 4 N–H and O–H groups in total. The fourth-order valence-corrected chi connectivity index (χ4v) is 5.60. The van der Waals surface area contributed by atoms with Gasteiger partial charge in [-0.1, -0.05) is 55.1 Å². The van der Waals surface area contributed by atoms with Gasteiger partial charge in [-0.2, -0.15) is 5.10 Å². The summed E-state index contributed by atoms with van der Waals surface area (Å²) >= 11 is 0. The number of benzene rings is 3. The van der Waals surface area contributed by atoms with E-state index in [2.05, 4.69) is 54.4 Å². The van der Waals surface area contributed by atoms with Gasteiger partial charge in [0, 0.05) is 60.6 Å². The van der Waals surface area contributed by atoms with E-state index < -0.39 is 0 Å². The second kappa shape index (κ2) is 14.5. The van der Waals surface area contributed by atoms with Crippen molar-refractivity contribution in [3.8, 4) is 22.8 Å². The number of pyridine rings is 1. The van der Waals surface area contributed by atoms with Crippen LogP contribution < -0.4 is 10.6 Å². The Kier molecular flexibility index (Phi) is 9.84. The van der Waals surface area contributed by atoms with Crippen molar-refractivity contribution in [3.63, 3.8) is 0 Å². The molecule has 0 aliphatic heterocycles. The topological polar surface area (TPSA) is 97.6 Å². The fraction of sp³-hybridized carbons (Fsp3) is 0.184. The van der Waals surface area contributed by atoms with Gasteiger partial charge >= 0.3 is 0 Å². The Morgan fingerprint density at radius 3 is 2.60 bits per heavy atom. The van der Waals surface area contributed by atoms with Crippen LogP contribution in [0.4, 0.5) is 14.5 Å². The molecule has 0 spiro atoms. The molecule has 0 saturated heterocycles. The van der Waals surface area contributed by atoms with E-state index in [0.29, 0.717) is 70.1 Å². The lowest BCUT2D eigenvalue weighted by atomic mass is 9.99. The van der Waals surface area contributed by atoms with E-state index in [-0.39, 0.29) is 11.6 Å². The van der Waals surface area contributed by atoms with E-state index in [1.807, 2.05) is 63.5 Å². The molecule has 3 heterocycles. The zero-order chi connectivity index (χ0) is 33.6. The molecule has 0 bridgehead atoms. The van der Waals surface area contributed by atoms with E-state index in [1.54, 1.807) is 18.3 Å². The number of imidazole rings is 1. The molecular weight excluding hydrogens is 606 g/mol. The highest BCUT2D eigenvalue weighted by molar-refractivity contribution is 5.97. The van der Waals surface area contributed by atoms with Gasteiger partial charge in [0.2, 0.25) is 0 Å². The van der Waals surface area contributed by atoms with Gasteiger partial charge in [0.25, 0.3) is 0 Å². The van der Waals surface area contributed by atoms with Crippen molar-refractivity contribution in [3.05, 3.63) is 126 Å². The summed E-state index contributed by atoms with van der Waals surface area (Å²) < 4.78 is 30.3. The Morgan fingerprint density at radius 1 is 1.00 bits per heavy atom. The normalized spacial score (nSPS) is 12.4. The van der Waals surface area contributed by atoms with Crippen LogP contribution in [-0.2, 0) is 6.54 Å². The van der Waals surface area contributed by atoms with Crippen LogP contribution in [0.1, 0.15) is 18.1 Å². The van der Waals surface area contributed by atoms with E-state index in [9.17, 15) is 4.39 Å². The SMILES string of the molecule is C=C/C(=C\C(=C/C)c1cc2c(-c3nc4c(-c5cc(F)cc(NCCN(C)C)c5)nccc4[nH]3)n[nH]c2cc1F)CNCc1ccccc1. The van der Waals surface area contributed by atoms with Crippen LogP contribution in [0.5, 0.6) is 0 Å². The summed E-state index contributed by atoms with van der Waals surface area (Å²) in [6, 6.07) is 20.0. The molecular formula is C38H38F2N8. The zero-order valence-electron chi connectivity index (χ0n) is 27.2. The number of hydrogen-bond donors (Lipinski definition) is 4. The van der Waals surface area contributed by atoms with Crippen LogP contribution in [-0.4, -0.2) is 63.8 Å². The number of fused-ring (bicyclic) bond motifs is 2. The molecule has 0 aliphatic rings. The van der Waals surface area contributed by atoms with E-state index >= 15 is 4.39 Å². The quantitative estimate of drug-likeness (QED) is 0.0962. The minimum absolute atomic E-state index is 0.373. The summed E-state index contributed by atoms with van der Waals surface area (Å²) in [4.78, 5) is 14.8. The Bertz CT molecular complexity index is 2130. The predicted molar refractivity (Wildman–Crippen MR) is 191 cm³/mol. The van der Waals surface area contributed by atoms with Gasteiger partial charge in [-0.25, -0.2) is 13.8 Å². The summed E-state index contributed by atoms with van der Waals surface area (Å²) in [6.07, 6.45) is 7.27. The number of nitrogens with zero attached hydrogens (tertiary/aromatic N) is 4. The molecule has 0 aliphatic carbocycles. The molecule has 8 nitrogen and oxygen atoms in total. The Balaban J connectivity index is 1.31. The lowest BCUT2D eigenvalue weighted by Gasteiger charge is -2.12. The number of likely N-dealkylation sites (N-methyl/N-ethyl adjacent to an activating group) is 1. The van der Waals surface area contributed by atoms with Gasteiger partial charge in [-0.3, -0.25) is 10.1 Å². The smallest absolute Gasteiger partial charge is 0.159 e. The largest absolute Gasteiger partial charge is 0.384 e. The summed E-state index contributed by atoms with van der Waals surface area (Å²) in [6.45, 7) is 8.61. The molecule has 48 heavy (non-hydrogen) atoms. The number of rotatable bonds is 13. The van der Waals surface area contributed by atoms with Crippen molar-refractivity contribution in [2.75, 3.05) is 39.0 Å². The lowest BCUT2D eigenvalue weighted by molar-refractivity contribution is 0.425. The maximum atomic E-state index is 15.6. The minimum atomic E-state index is -0.375. The summed E-state index contributed by atoms with van der Waals surface area (Å²) in [5.41, 5.74) is 7.42. The number of aromatic nitrogens is 5. The maximum Gasteiger partial charge on any atom is 0.159 e. The molecule has 0 amide bonds. The highest BCUT2D eigenvalue weighted by Gasteiger charge is 2.19. The highest BCUT2D eigenvalue weighted by atomic mass is 19.1. The van der Waals surface area contributed by atoms with Crippen molar-refractivity contribution in [2.24, 2.45) is 0 Å². The van der Waals surface area contributed by atoms with Gasteiger partial charge in [-0.15, -0.1) is 0 Å². The molecule has 0 atom stereocenters. The lowest BCUT2D eigenvalue weighted by Crippen LogP contribution is -2.20. The van der Waals surface area contributed by atoms with Gasteiger partial charge < -0.3 is 20.5 Å². The number of H-pyrrole nitrogens is 2. The number of hydrogen-bond acceptors (Lipinski definition) is 6. The van der Waals surface area contributed by atoms with Gasteiger partial charge in [0.05, 0.1) is 16.7 Å². The molecule has 6 aromatic rings. The zero-order valence-corrected chi connectivity index (χ0v) is 27.2. The van der Waals surface area contributed by atoms with Crippen LogP contribution in [0, 0.1) is 11.6 Å². The number of aromatic amines is 2. The second-order valence-corrected chi connectivity index (χ2v) is 11.8. The van der Waals surface area contributed by atoms with Crippen LogP contribution >= 0.6 is 0 Å². The predicted octanol–water partition coefficient (Wildman–Crippen LogP) is 7.73. The molecule has 10 heteroatoms. The average Bonchev–Trinajstić information content (AvgIpc) is 3.70. The first-order valence-corrected chi connectivity index (χ1v) is 15.8. The Morgan fingerprint density at radius 2 is 1.83 bits per heavy atom. The van der Waals surface area contributed by atoms with Crippen molar-refractivity contribution < 1.29 is 8.78 Å². The average molecular weight is 645 g/mol. The first kappa shape index (κ1) is 32.5. The monoisotopic (exact) mass is 644 g/mol. The Labute approximate surface area is 278 Å². The summed E-state index contributed by atoms with van der Waals surface area (Å²) in [7, 11) is 3.97. The van der Waals surface area contributed by atoms with Gasteiger partial charge in [0.1, 0.15) is 22.8 Å². The van der Waals surface area contributed by atoms with E-state index in [0.717, 1.165) is 23.2 Å². The minimum Gasteiger partial charge on any atom is -0.384 e. The third kappa shape index (κ3) is 7.25.